The molecule has 0 spiro atoms. The average Bonchev–Trinajstić information content (AvgIpc) is 2.28. The second kappa shape index (κ2) is 6.95. The minimum Gasteiger partial charge on any atom is -0.326 e. The fourth-order valence-electron chi connectivity index (χ4n) is 1.26. The van der Waals surface area contributed by atoms with Crippen LogP contribution in [0.2, 0.25) is 0 Å². The van der Waals surface area contributed by atoms with Crippen LogP contribution in [0.15, 0.2) is 24.3 Å². The van der Waals surface area contributed by atoms with Crippen molar-refractivity contribution in [3.63, 3.8) is 0 Å². The first kappa shape index (κ1) is 12.6. The van der Waals surface area contributed by atoms with E-state index in [1.165, 1.54) is 12.1 Å². The molecular formula is C12H17FN2O. The molecule has 0 fully saturated rings. The molecule has 0 radical (unpaired) electrons. The molecule has 1 amide bonds. The van der Waals surface area contributed by atoms with Crippen LogP contribution in [0.4, 0.5) is 10.1 Å². The number of hydrogen-bond acceptors (Lipinski definition) is 2. The summed E-state index contributed by atoms with van der Waals surface area (Å²) in [5.41, 5.74) is 0.627. The minimum atomic E-state index is -0.303. The molecule has 0 aliphatic carbocycles. The van der Waals surface area contributed by atoms with E-state index in [1.807, 2.05) is 0 Å². The minimum absolute atomic E-state index is 0.0600. The van der Waals surface area contributed by atoms with Crippen LogP contribution in [-0.2, 0) is 4.79 Å². The Hall–Kier alpha value is -1.42. The highest BCUT2D eigenvalue weighted by Gasteiger charge is 2.01. The summed E-state index contributed by atoms with van der Waals surface area (Å²) in [5, 5.41) is 5.84. The molecule has 88 valence electrons. The normalized spacial score (nSPS) is 10.1. The number of carbonyl (C=O) groups excluding carboxylic acids is 1. The van der Waals surface area contributed by atoms with Gasteiger partial charge in [-0.25, -0.2) is 4.39 Å². The van der Waals surface area contributed by atoms with Gasteiger partial charge in [-0.2, -0.15) is 0 Å². The molecule has 0 heterocycles. The molecule has 0 aromatic heterocycles. The SMILES string of the molecule is CCCNCCC(=O)Nc1ccc(F)cc1. The van der Waals surface area contributed by atoms with Crippen LogP contribution in [-0.4, -0.2) is 19.0 Å². The number of amides is 1. The maximum atomic E-state index is 12.6. The summed E-state index contributed by atoms with van der Waals surface area (Å²) < 4.78 is 12.6. The Balaban J connectivity index is 2.26. The van der Waals surface area contributed by atoms with Crippen molar-refractivity contribution in [2.75, 3.05) is 18.4 Å². The zero-order chi connectivity index (χ0) is 11.8. The van der Waals surface area contributed by atoms with Gasteiger partial charge in [-0.15, -0.1) is 0 Å². The van der Waals surface area contributed by atoms with Crippen molar-refractivity contribution in [1.82, 2.24) is 5.32 Å². The first-order valence-corrected chi connectivity index (χ1v) is 5.48. The van der Waals surface area contributed by atoms with Crippen LogP contribution in [0.3, 0.4) is 0 Å². The van der Waals surface area contributed by atoms with Crippen LogP contribution in [0, 0.1) is 5.82 Å². The zero-order valence-corrected chi connectivity index (χ0v) is 9.42. The maximum absolute atomic E-state index is 12.6. The fraction of sp³-hybridized carbons (Fsp3) is 0.417. The van der Waals surface area contributed by atoms with Crippen molar-refractivity contribution in [2.24, 2.45) is 0 Å². The summed E-state index contributed by atoms with van der Waals surface area (Å²) in [6.07, 6.45) is 1.48. The molecule has 1 aromatic rings. The summed E-state index contributed by atoms with van der Waals surface area (Å²) in [6, 6.07) is 5.75. The van der Waals surface area contributed by atoms with E-state index in [2.05, 4.69) is 17.6 Å². The average molecular weight is 224 g/mol. The molecule has 4 heteroatoms. The summed E-state index contributed by atoms with van der Waals surface area (Å²) in [7, 11) is 0. The molecule has 0 aliphatic rings. The predicted octanol–water partition coefficient (Wildman–Crippen LogP) is 2.15. The van der Waals surface area contributed by atoms with E-state index in [-0.39, 0.29) is 11.7 Å². The van der Waals surface area contributed by atoms with E-state index >= 15 is 0 Å². The van der Waals surface area contributed by atoms with Crippen molar-refractivity contribution in [3.05, 3.63) is 30.1 Å². The summed E-state index contributed by atoms with van der Waals surface area (Å²) in [4.78, 5) is 11.4. The molecule has 3 nitrogen and oxygen atoms in total. The van der Waals surface area contributed by atoms with Gasteiger partial charge < -0.3 is 10.6 Å². The van der Waals surface area contributed by atoms with Crippen LogP contribution in [0.1, 0.15) is 19.8 Å². The van der Waals surface area contributed by atoms with E-state index in [4.69, 9.17) is 0 Å². The van der Waals surface area contributed by atoms with E-state index in [0.29, 0.717) is 18.7 Å². The number of halogens is 1. The van der Waals surface area contributed by atoms with Crippen molar-refractivity contribution < 1.29 is 9.18 Å². The Morgan fingerprint density at radius 1 is 1.25 bits per heavy atom. The molecule has 0 atom stereocenters. The Morgan fingerprint density at radius 3 is 2.56 bits per heavy atom. The number of nitrogens with one attached hydrogen (secondary N) is 2. The summed E-state index contributed by atoms with van der Waals surface area (Å²) >= 11 is 0. The first-order chi connectivity index (χ1) is 7.72. The molecule has 0 saturated heterocycles. The van der Waals surface area contributed by atoms with Gasteiger partial charge in [0.1, 0.15) is 5.82 Å². The lowest BCUT2D eigenvalue weighted by atomic mass is 10.3. The van der Waals surface area contributed by atoms with E-state index in [1.54, 1.807) is 12.1 Å². The number of carbonyl (C=O) groups is 1. The topological polar surface area (TPSA) is 41.1 Å². The molecule has 16 heavy (non-hydrogen) atoms. The van der Waals surface area contributed by atoms with Gasteiger partial charge >= 0.3 is 0 Å². The van der Waals surface area contributed by atoms with Crippen LogP contribution in [0.25, 0.3) is 0 Å². The summed E-state index contributed by atoms with van der Waals surface area (Å²) in [5.74, 6) is -0.363. The molecular weight excluding hydrogens is 207 g/mol. The maximum Gasteiger partial charge on any atom is 0.225 e. The monoisotopic (exact) mass is 224 g/mol. The Morgan fingerprint density at radius 2 is 1.94 bits per heavy atom. The smallest absolute Gasteiger partial charge is 0.225 e. The highest BCUT2D eigenvalue weighted by molar-refractivity contribution is 5.90. The fourth-order valence-corrected chi connectivity index (χ4v) is 1.26. The molecule has 0 unspecified atom stereocenters. The van der Waals surface area contributed by atoms with Gasteiger partial charge in [0.05, 0.1) is 0 Å². The highest BCUT2D eigenvalue weighted by Crippen LogP contribution is 2.08. The van der Waals surface area contributed by atoms with Gasteiger partial charge in [0.2, 0.25) is 5.91 Å². The first-order valence-electron chi connectivity index (χ1n) is 5.48. The lowest BCUT2D eigenvalue weighted by Crippen LogP contribution is -2.22. The third kappa shape index (κ3) is 4.89. The van der Waals surface area contributed by atoms with Gasteiger partial charge in [0.15, 0.2) is 0 Å². The van der Waals surface area contributed by atoms with Crippen molar-refractivity contribution in [3.8, 4) is 0 Å². The second-order valence-electron chi connectivity index (χ2n) is 3.56. The van der Waals surface area contributed by atoms with Crippen molar-refractivity contribution in [2.45, 2.75) is 19.8 Å². The largest absolute Gasteiger partial charge is 0.326 e. The van der Waals surface area contributed by atoms with Gasteiger partial charge in [-0.05, 0) is 37.2 Å². The Bertz CT molecular complexity index is 324. The molecule has 0 saturated carbocycles. The van der Waals surface area contributed by atoms with E-state index < -0.39 is 0 Å². The van der Waals surface area contributed by atoms with Gasteiger partial charge in [0, 0.05) is 18.7 Å². The Kier molecular flexibility index (Phi) is 5.50. The molecule has 0 aliphatic heterocycles. The van der Waals surface area contributed by atoms with Crippen LogP contribution < -0.4 is 10.6 Å². The third-order valence-electron chi connectivity index (χ3n) is 2.08. The van der Waals surface area contributed by atoms with Crippen LogP contribution >= 0.6 is 0 Å². The van der Waals surface area contributed by atoms with E-state index in [0.717, 1.165) is 13.0 Å². The molecule has 1 aromatic carbocycles. The number of anilines is 1. The van der Waals surface area contributed by atoms with E-state index in [9.17, 15) is 9.18 Å². The lowest BCUT2D eigenvalue weighted by molar-refractivity contribution is -0.116. The number of hydrogen-bond donors (Lipinski definition) is 2. The van der Waals surface area contributed by atoms with Crippen molar-refractivity contribution >= 4 is 11.6 Å². The standard InChI is InChI=1S/C12H17FN2O/c1-2-8-14-9-7-12(16)15-11-5-3-10(13)4-6-11/h3-6,14H,2,7-9H2,1H3,(H,15,16). The Labute approximate surface area is 95.0 Å². The quantitative estimate of drug-likeness (QED) is 0.727. The molecule has 1 rings (SSSR count). The number of benzene rings is 1. The molecule has 2 N–H and O–H groups in total. The predicted molar refractivity (Wildman–Crippen MR) is 62.8 cm³/mol. The van der Waals surface area contributed by atoms with Gasteiger partial charge in [-0.3, -0.25) is 4.79 Å². The van der Waals surface area contributed by atoms with Crippen LogP contribution in [0.5, 0.6) is 0 Å². The van der Waals surface area contributed by atoms with Gasteiger partial charge in [0.25, 0.3) is 0 Å². The summed E-state index contributed by atoms with van der Waals surface area (Å²) in [6.45, 7) is 3.66. The highest BCUT2D eigenvalue weighted by atomic mass is 19.1. The third-order valence-corrected chi connectivity index (χ3v) is 2.08. The second-order valence-corrected chi connectivity index (χ2v) is 3.56. The lowest BCUT2D eigenvalue weighted by Gasteiger charge is -2.05. The van der Waals surface area contributed by atoms with Gasteiger partial charge in [-0.1, -0.05) is 6.92 Å². The number of rotatable bonds is 6. The van der Waals surface area contributed by atoms with Crippen molar-refractivity contribution in [1.29, 1.82) is 0 Å². The zero-order valence-electron chi connectivity index (χ0n) is 9.42. The molecule has 0 bridgehead atoms.